The van der Waals surface area contributed by atoms with Crippen LogP contribution in [0.25, 0.3) is 11.3 Å². The maximum atomic E-state index is 13.4. The van der Waals surface area contributed by atoms with Crippen LogP contribution in [0.2, 0.25) is 0 Å². The molecule has 0 aliphatic heterocycles. The molecule has 0 bridgehead atoms. The first-order valence-corrected chi connectivity index (χ1v) is 5.21. The van der Waals surface area contributed by atoms with Crippen LogP contribution in [0.3, 0.4) is 0 Å². The molecule has 0 fully saturated rings. The minimum atomic E-state index is -4.41. The van der Waals surface area contributed by atoms with Crippen molar-refractivity contribution in [3.05, 3.63) is 46.6 Å². The number of hydrogen-bond acceptors (Lipinski definition) is 2. The van der Waals surface area contributed by atoms with E-state index in [2.05, 4.69) is 9.97 Å². The van der Waals surface area contributed by atoms with Gasteiger partial charge in [-0.1, -0.05) is 12.1 Å². The minimum Gasteiger partial charge on any atom is -0.328 e. The number of halogens is 4. The third kappa shape index (κ3) is 2.56. The SMILES string of the molecule is Fc1cnc(=S)[nH]c1-c1ccc(C(F)(F)F)cc1. The van der Waals surface area contributed by atoms with E-state index in [0.29, 0.717) is 0 Å². The zero-order valence-corrected chi connectivity index (χ0v) is 9.57. The van der Waals surface area contributed by atoms with Crippen LogP contribution in [0.5, 0.6) is 0 Å². The maximum absolute atomic E-state index is 13.4. The Labute approximate surface area is 104 Å². The predicted molar refractivity (Wildman–Crippen MR) is 59.8 cm³/mol. The Bertz CT molecular complexity index is 616. The Kier molecular flexibility index (Phi) is 3.16. The van der Waals surface area contributed by atoms with Crippen LogP contribution >= 0.6 is 12.2 Å². The summed E-state index contributed by atoms with van der Waals surface area (Å²) in [4.78, 5) is 6.02. The van der Waals surface area contributed by atoms with Crippen molar-refractivity contribution in [2.24, 2.45) is 0 Å². The van der Waals surface area contributed by atoms with Crippen molar-refractivity contribution in [2.75, 3.05) is 0 Å². The lowest BCUT2D eigenvalue weighted by Crippen LogP contribution is -2.04. The number of nitrogens with zero attached hydrogens (tertiary/aromatic N) is 1. The number of aromatic nitrogens is 2. The van der Waals surface area contributed by atoms with Crippen LogP contribution in [0, 0.1) is 10.6 Å². The second kappa shape index (κ2) is 4.49. The van der Waals surface area contributed by atoms with Gasteiger partial charge in [0.25, 0.3) is 0 Å². The monoisotopic (exact) mass is 274 g/mol. The van der Waals surface area contributed by atoms with Crippen molar-refractivity contribution in [2.45, 2.75) is 6.18 Å². The molecule has 18 heavy (non-hydrogen) atoms. The first-order valence-electron chi connectivity index (χ1n) is 4.80. The number of rotatable bonds is 1. The van der Waals surface area contributed by atoms with Crippen LogP contribution in [0.4, 0.5) is 17.6 Å². The number of H-pyrrole nitrogens is 1. The molecular weight excluding hydrogens is 268 g/mol. The molecule has 1 heterocycles. The summed E-state index contributed by atoms with van der Waals surface area (Å²) in [6.45, 7) is 0. The van der Waals surface area contributed by atoms with Gasteiger partial charge in [0, 0.05) is 5.56 Å². The summed E-state index contributed by atoms with van der Waals surface area (Å²) in [6.07, 6.45) is -3.49. The van der Waals surface area contributed by atoms with Crippen LogP contribution < -0.4 is 0 Å². The van der Waals surface area contributed by atoms with Gasteiger partial charge < -0.3 is 4.98 Å². The highest BCUT2D eigenvalue weighted by atomic mass is 32.1. The van der Waals surface area contributed by atoms with Gasteiger partial charge in [0.2, 0.25) is 0 Å². The van der Waals surface area contributed by atoms with Gasteiger partial charge >= 0.3 is 6.18 Å². The molecule has 0 saturated carbocycles. The number of nitrogens with one attached hydrogen (secondary N) is 1. The van der Waals surface area contributed by atoms with Gasteiger partial charge in [0.1, 0.15) is 0 Å². The van der Waals surface area contributed by atoms with Crippen LogP contribution in [0.15, 0.2) is 30.5 Å². The fourth-order valence-corrected chi connectivity index (χ4v) is 1.57. The van der Waals surface area contributed by atoms with Gasteiger partial charge in [0.05, 0.1) is 17.5 Å². The summed E-state index contributed by atoms with van der Waals surface area (Å²) in [7, 11) is 0. The standard InChI is InChI=1S/C11H6F4N2S/c12-8-5-16-10(18)17-9(8)6-1-3-7(4-2-6)11(13,14)15/h1-5H,(H,16,17,18). The molecule has 0 amide bonds. The molecule has 0 radical (unpaired) electrons. The van der Waals surface area contributed by atoms with Crippen molar-refractivity contribution in [3.8, 4) is 11.3 Å². The third-order valence-corrected chi connectivity index (χ3v) is 2.47. The molecule has 2 aromatic rings. The number of hydrogen-bond donors (Lipinski definition) is 1. The fourth-order valence-electron chi connectivity index (χ4n) is 1.41. The molecular formula is C11H6F4N2S. The van der Waals surface area contributed by atoms with E-state index < -0.39 is 17.6 Å². The van der Waals surface area contributed by atoms with E-state index in [4.69, 9.17) is 12.2 Å². The van der Waals surface area contributed by atoms with Gasteiger partial charge in [-0.25, -0.2) is 9.37 Å². The zero-order valence-electron chi connectivity index (χ0n) is 8.75. The van der Waals surface area contributed by atoms with E-state index in [-0.39, 0.29) is 16.0 Å². The summed E-state index contributed by atoms with van der Waals surface area (Å²) in [6, 6.07) is 4.11. The first-order chi connectivity index (χ1) is 8.38. The van der Waals surface area contributed by atoms with Crippen molar-refractivity contribution < 1.29 is 17.6 Å². The Morgan fingerprint density at radius 2 is 1.72 bits per heavy atom. The van der Waals surface area contributed by atoms with E-state index in [0.717, 1.165) is 18.3 Å². The summed E-state index contributed by atoms with van der Waals surface area (Å²) in [5.41, 5.74) is -0.503. The summed E-state index contributed by atoms with van der Waals surface area (Å²) >= 11 is 4.73. The van der Waals surface area contributed by atoms with Gasteiger partial charge in [-0.3, -0.25) is 0 Å². The fraction of sp³-hybridized carbons (Fsp3) is 0.0909. The Morgan fingerprint density at radius 1 is 1.11 bits per heavy atom. The van der Waals surface area contributed by atoms with E-state index in [1.54, 1.807) is 0 Å². The Morgan fingerprint density at radius 3 is 2.28 bits per heavy atom. The molecule has 0 aliphatic carbocycles. The molecule has 0 spiro atoms. The van der Waals surface area contributed by atoms with Crippen molar-refractivity contribution in [1.29, 1.82) is 0 Å². The largest absolute Gasteiger partial charge is 0.416 e. The van der Waals surface area contributed by atoms with Gasteiger partial charge in [-0.2, -0.15) is 13.2 Å². The lowest BCUT2D eigenvalue weighted by molar-refractivity contribution is -0.137. The molecule has 0 aliphatic rings. The van der Waals surface area contributed by atoms with Crippen molar-refractivity contribution in [3.63, 3.8) is 0 Å². The molecule has 94 valence electrons. The van der Waals surface area contributed by atoms with E-state index in [9.17, 15) is 17.6 Å². The second-order valence-corrected chi connectivity index (χ2v) is 3.87. The number of aromatic amines is 1. The van der Waals surface area contributed by atoms with E-state index >= 15 is 0 Å². The van der Waals surface area contributed by atoms with Gasteiger partial charge in [0.15, 0.2) is 10.6 Å². The van der Waals surface area contributed by atoms with Crippen molar-refractivity contribution in [1.82, 2.24) is 9.97 Å². The average Bonchev–Trinajstić information content (AvgIpc) is 2.31. The highest BCUT2D eigenvalue weighted by molar-refractivity contribution is 7.71. The molecule has 1 aromatic carbocycles. The molecule has 2 nitrogen and oxygen atoms in total. The molecule has 0 saturated heterocycles. The van der Waals surface area contributed by atoms with E-state index in [1.165, 1.54) is 12.1 Å². The molecule has 0 atom stereocenters. The minimum absolute atomic E-state index is 0.0173. The van der Waals surface area contributed by atoms with Gasteiger partial charge in [-0.05, 0) is 24.4 Å². The smallest absolute Gasteiger partial charge is 0.328 e. The molecule has 7 heteroatoms. The molecule has 2 rings (SSSR count). The maximum Gasteiger partial charge on any atom is 0.416 e. The summed E-state index contributed by atoms with van der Waals surface area (Å²) in [5.74, 6) is -0.677. The average molecular weight is 274 g/mol. The topological polar surface area (TPSA) is 28.7 Å². The molecule has 0 unspecified atom stereocenters. The predicted octanol–water partition coefficient (Wildman–Crippen LogP) is 3.96. The zero-order chi connectivity index (χ0) is 13.3. The normalized spacial score (nSPS) is 11.6. The summed E-state index contributed by atoms with van der Waals surface area (Å²) in [5, 5.41) is 0. The third-order valence-electron chi connectivity index (χ3n) is 2.27. The Hall–Kier alpha value is -1.76. The van der Waals surface area contributed by atoms with Crippen LogP contribution in [-0.4, -0.2) is 9.97 Å². The molecule has 1 N–H and O–H groups in total. The first kappa shape index (κ1) is 12.7. The number of benzene rings is 1. The van der Waals surface area contributed by atoms with Crippen molar-refractivity contribution >= 4 is 12.2 Å². The second-order valence-electron chi connectivity index (χ2n) is 3.49. The Balaban J connectivity index is 2.47. The lowest BCUT2D eigenvalue weighted by atomic mass is 10.1. The van der Waals surface area contributed by atoms with Crippen LogP contribution in [0.1, 0.15) is 5.56 Å². The van der Waals surface area contributed by atoms with E-state index in [1.807, 2.05) is 0 Å². The van der Waals surface area contributed by atoms with Gasteiger partial charge in [-0.15, -0.1) is 0 Å². The number of alkyl halides is 3. The highest BCUT2D eigenvalue weighted by Gasteiger charge is 2.30. The lowest BCUT2D eigenvalue weighted by Gasteiger charge is -2.08. The molecule has 1 aromatic heterocycles. The summed E-state index contributed by atoms with van der Waals surface area (Å²) < 4.78 is 50.6. The quantitative estimate of drug-likeness (QED) is 0.629. The highest BCUT2D eigenvalue weighted by Crippen LogP contribution is 2.30. The van der Waals surface area contributed by atoms with Crippen LogP contribution in [-0.2, 0) is 6.18 Å².